The molecule has 0 aromatic heterocycles. The molecule has 2 saturated heterocycles. The molecule has 1 aromatic rings. The van der Waals surface area contributed by atoms with Crippen molar-refractivity contribution in [2.24, 2.45) is 4.99 Å². The van der Waals surface area contributed by atoms with Crippen molar-refractivity contribution >= 4 is 44.1 Å². The number of amidine groups is 1. The SMILES string of the molecule is CC(=O)c1ccc(N2C(=NC(=O)CC#N)S[C@@H]3CS(=O)(=O)C[C@@H]32)cc1. The Balaban J connectivity index is 1.99. The number of sulfone groups is 1. The van der Waals surface area contributed by atoms with Crippen LogP contribution in [0.25, 0.3) is 0 Å². The predicted molar refractivity (Wildman–Crippen MR) is 95.4 cm³/mol. The Kier molecular flexibility index (Phi) is 4.67. The summed E-state index contributed by atoms with van der Waals surface area (Å²) in [4.78, 5) is 28.9. The fraction of sp³-hybridized carbons (Fsp3) is 0.375. The Hall–Kier alpha value is -2.18. The van der Waals surface area contributed by atoms with E-state index in [1.165, 1.54) is 18.7 Å². The van der Waals surface area contributed by atoms with Crippen LogP contribution in [0.2, 0.25) is 0 Å². The highest BCUT2D eigenvalue weighted by Gasteiger charge is 2.49. The maximum Gasteiger partial charge on any atom is 0.262 e. The molecule has 2 aliphatic heterocycles. The Bertz CT molecular complexity index is 900. The number of hydrogen-bond donors (Lipinski definition) is 0. The monoisotopic (exact) mass is 377 g/mol. The van der Waals surface area contributed by atoms with Crippen LogP contribution in [0.5, 0.6) is 0 Å². The zero-order valence-electron chi connectivity index (χ0n) is 13.4. The van der Waals surface area contributed by atoms with Gasteiger partial charge in [0, 0.05) is 16.5 Å². The molecule has 25 heavy (non-hydrogen) atoms. The fourth-order valence-corrected chi connectivity index (χ4v) is 6.87. The number of aliphatic imine (C=N–C) groups is 1. The lowest BCUT2D eigenvalue weighted by Gasteiger charge is -2.24. The summed E-state index contributed by atoms with van der Waals surface area (Å²) < 4.78 is 23.9. The van der Waals surface area contributed by atoms with E-state index < -0.39 is 15.7 Å². The maximum absolute atomic E-state index is 12.0. The summed E-state index contributed by atoms with van der Waals surface area (Å²) in [6.45, 7) is 1.47. The molecule has 0 radical (unpaired) electrons. The van der Waals surface area contributed by atoms with Crippen LogP contribution >= 0.6 is 11.8 Å². The minimum atomic E-state index is -3.14. The molecule has 7 nitrogen and oxygen atoms in total. The number of amides is 1. The topological polar surface area (TPSA) is 108 Å². The quantitative estimate of drug-likeness (QED) is 0.733. The maximum atomic E-state index is 12.0. The van der Waals surface area contributed by atoms with Crippen molar-refractivity contribution in [3.05, 3.63) is 29.8 Å². The highest BCUT2D eigenvalue weighted by atomic mass is 32.2. The molecule has 0 saturated carbocycles. The lowest BCUT2D eigenvalue weighted by molar-refractivity contribution is -0.116. The van der Waals surface area contributed by atoms with Gasteiger partial charge in [0.1, 0.15) is 6.42 Å². The Morgan fingerprint density at radius 1 is 1.32 bits per heavy atom. The largest absolute Gasteiger partial charge is 0.316 e. The van der Waals surface area contributed by atoms with Gasteiger partial charge in [-0.15, -0.1) is 0 Å². The number of Topliss-reactive ketones (excluding diaryl/α,β-unsaturated/α-hetero) is 1. The number of nitriles is 1. The first-order valence-corrected chi connectivity index (χ1v) is 10.3. The molecule has 130 valence electrons. The zero-order chi connectivity index (χ0) is 18.2. The van der Waals surface area contributed by atoms with Gasteiger partial charge in [-0.05, 0) is 31.2 Å². The number of hydrogen-bond acceptors (Lipinski definition) is 6. The third-order valence-corrected chi connectivity index (χ3v) is 7.28. The summed E-state index contributed by atoms with van der Waals surface area (Å²) in [6.07, 6.45) is -0.325. The molecule has 0 bridgehead atoms. The van der Waals surface area contributed by atoms with Gasteiger partial charge in [-0.2, -0.15) is 10.3 Å². The van der Waals surface area contributed by atoms with E-state index in [2.05, 4.69) is 4.99 Å². The molecule has 0 N–H and O–H groups in total. The van der Waals surface area contributed by atoms with Crippen LogP contribution in [0.4, 0.5) is 5.69 Å². The third kappa shape index (κ3) is 3.60. The van der Waals surface area contributed by atoms with Gasteiger partial charge in [-0.25, -0.2) is 8.42 Å². The molecule has 9 heteroatoms. The van der Waals surface area contributed by atoms with Crippen LogP contribution in [-0.2, 0) is 14.6 Å². The van der Waals surface area contributed by atoms with E-state index in [9.17, 15) is 18.0 Å². The van der Waals surface area contributed by atoms with Crippen LogP contribution in [0, 0.1) is 11.3 Å². The first-order valence-electron chi connectivity index (χ1n) is 7.56. The van der Waals surface area contributed by atoms with Gasteiger partial charge in [-0.3, -0.25) is 9.59 Å². The fourth-order valence-electron chi connectivity index (χ4n) is 2.94. The highest BCUT2D eigenvalue weighted by molar-refractivity contribution is 8.16. The van der Waals surface area contributed by atoms with Crippen molar-refractivity contribution in [2.75, 3.05) is 16.4 Å². The van der Waals surface area contributed by atoms with Crippen molar-refractivity contribution in [2.45, 2.75) is 24.6 Å². The standard InChI is InChI=1S/C16H15N3O4S2/c1-10(20)11-2-4-12(5-3-11)19-13-8-25(22,23)9-14(13)24-16(19)18-15(21)6-7-17/h2-5,13-14H,6,8-9H2,1H3/t13-,14+/m0/s1. The first kappa shape index (κ1) is 17.6. The van der Waals surface area contributed by atoms with Crippen molar-refractivity contribution in [3.63, 3.8) is 0 Å². The summed E-state index contributed by atoms with van der Waals surface area (Å²) >= 11 is 1.25. The van der Waals surface area contributed by atoms with Crippen molar-refractivity contribution in [1.82, 2.24) is 0 Å². The molecule has 2 aliphatic rings. The number of fused-ring (bicyclic) bond motifs is 1. The van der Waals surface area contributed by atoms with E-state index in [0.717, 1.165) is 0 Å². The van der Waals surface area contributed by atoms with Gasteiger partial charge in [-0.1, -0.05) is 11.8 Å². The average molecular weight is 377 g/mol. The number of ketones is 1. The summed E-state index contributed by atoms with van der Waals surface area (Å²) in [6, 6.07) is 8.20. The Morgan fingerprint density at radius 3 is 2.60 bits per heavy atom. The van der Waals surface area contributed by atoms with Crippen molar-refractivity contribution in [1.29, 1.82) is 5.26 Å². The van der Waals surface area contributed by atoms with E-state index in [1.807, 2.05) is 0 Å². The number of rotatable bonds is 3. The lowest BCUT2D eigenvalue weighted by Crippen LogP contribution is -2.37. The van der Waals surface area contributed by atoms with Crippen LogP contribution < -0.4 is 4.90 Å². The molecule has 0 spiro atoms. The van der Waals surface area contributed by atoms with Gasteiger partial charge >= 0.3 is 0 Å². The molecule has 2 heterocycles. The van der Waals surface area contributed by atoms with E-state index in [4.69, 9.17) is 5.26 Å². The number of benzene rings is 1. The van der Waals surface area contributed by atoms with Crippen LogP contribution in [0.15, 0.2) is 29.3 Å². The molecular weight excluding hydrogens is 362 g/mol. The van der Waals surface area contributed by atoms with Gasteiger partial charge in [0.15, 0.2) is 20.8 Å². The lowest BCUT2D eigenvalue weighted by atomic mass is 10.1. The highest BCUT2D eigenvalue weighted by Crippen LogP contribution is 2.41. The molecule has 0 unspecified atom stereocenters. The number of anilines is 1. The number of carbonyl (C=O) groups is 2. The summed E-state index contributed by atoms with van der Waals surface area (Å²) in [5.74, 6) is -0.597. The second kappa shape index (κ2) is 6.61. The normalized spacial score (nSPS) is 25.6. The zero-order valence-corrected chi connectivity index (χ0v) is 15.0. The van der Waals surface area contributed by atoms with Gasteiger partial charge < -0.3 is 4.90 Å². The van der Waals surface area contributed by atoms with Crippen molar-refractivity contribution in [3.8, 4) is 6.07 Å². The van der Waals surface area contributed by atoms with E-state index >= 15 is 0 Å². The Labute approximate surface area is 149 Å². The van der Waals surface area contributed by atoms with Gasteiger partial charge in [0.2, 0.25) is 0 Å². The number of carbonyl (C=O) groups excluding carboxylic acids is 2. The van der Waals surface area contributed by atoms with Crippen LogP contribution in [0.1, 0.15) is 23.7 Å². The molecule has 2 fully saturated rings. The Morgan fingerprint density at radius 2 is 2.00 bits per heavy atom. The van der Waals surface area contributed by atoms with Crippen LogP contribution in [-0.4, -0.2) is 48.1 Å². The molecule has 1 amide bonds. The van der Waals surface area contributed by atoms with Crippen LogP contribution in [0.3, 0.4) is 0 Å². The van der Waals surface area contributed by atoms with Crippen molar-refractivity contribution < 1.29 is 18.0 Å². The molecule has 3 rings (SSSR count). The molecule has 1 aromatic carbocycles. The second-order valence-corrected chi connectivity index (χ2v) is 9.26. The minimum Gasteiger partial charge on any atom is -0.316 e. The molecular formula is C16H15N3O4S2. The average Bonchev–Trinajstić information content (AvgIpc) is 2.98. The van der Waals surface area contributed by atoms with E-state index in [1.54, 1.807) is 35.2 Å². The second-order valence-electron chi connectivity index (χ2n) is 5.90. The minimum absolute atomic E-state index is 0.00934. The molecule has 2 atom stereocenters. The number of thioether (sulfide) groups is 1. The summed E-state index contributed by atoms with van der Waals surface area (Å²) in [5.41, 5.74) is 1.22. The summed E-state index contributed by atoms with van der Waals surface area (Å²) in [7, 11) is -3.14. The first-order chi connectivity index (χ1) is 11.8. The van der Waals surface area contributed by atoms with E-state index in [-0.39, 0.29) is 35.0 Å². The summed E-state index contributed by atoms with van der Waals surface area (Å²) in [5, 5.41) is 8.84. The number of nitrogens with zero attached hydrogens (tertiary/aromatic N) is 3. The predicted octanol–water partition coefficient (Wildman–Crippen LogP) is 1.40. The molecule has 0 aliphatic carbocycles. The smallest absolute Gasteiger partial charge is 0.262 e. The van der Waals surface area contributed by atoms with E-state index in [0.29, 0.717) is 16.4 Å². The van der Waals surface area contributed by atoms with Gasteiger partial charge in [0.05, 0.1) is 23.6 Å². The third-order valence-electron chi connectivity index (χ3n) is 4.07. The van der Waals surface area contributed by atoms with Gasteiger partial charge in [0.25, 0.3) is 5.91 Å².